The molecule has 0 aliphatic carbocycles. The van der Waals surface area contributed by atoms with Crippen LogP contribution in [0.4, 0.5) is 0 Å². The molecule has 114 valence electrons. The summed E-state index contributed by atoms with van der Waals surface area (Å²) >= 11 is 1.48. The van der Waals surface area contributed by atoms with E-state index in [1.54, 1.807) is 0 Å². The minimum Gasteiger partial charge on any atom is -0.458 e. The standard InChI is InChI=1S/C15H14N2O4S/c18-13-5-6-14(19)17(13)8-7-15(20)21-9-12-16-10-3-1-2-4-11(10)22-12/h1-4H,5-9H2. The molecule has 2 aromatic rings. The molecule has 0 saturated carbocycles. The third-order valence-corrected chi connectivity index (χ3v) is 4.40. The van der Waals surface area contributed by atoms with E-state index in [1.807, 2.05) is 24.3 Å². The summed E-state index contributed by atoms with van der Waals surface area (Å²) in [6, 6.07) is 7.70. The molecule has 2 amide bonds. The highest BCUT2D eigenvalue weighted by atomic mass is 32.1. The molecule has 1 aliphatic rings. The van der Waals surface area contributed by atoms with Crippen LogP contribution in [0.1, 0.15) is 24.3 Å². The predicted octanol–water partition coefficient (Wildman–Crippen LogP) is 1.88. The number of likely N-dealkylation sites (tertiary alicyclic amines) is 1. The normalized spacial score (nSPS) is 14.8. The molecule has 0 radical (unpaired) electrons. The first-order valence-corrected chi connectivity index (χ1v) is 7.78. The number of amides is 2. The van der Waals surface area contributed by atoms with Gasteiger partial charge in [0.25, 0.3) is 0 Å². The molecule has 0 unspecified atom stereocenters. The van der Waals surface area contributed by atoms with Crippen molar-refractivity contribution < 1.29 is 19.1 Å². The Morgan fingerprint density at radius 1 is 1.23 bits per heavy atom. The molecule has 7 heteroatoms. The first-order valence-electron chi connectivity index (χ1n) is 6.97. The van der Waals surface area contributed by atoms with Crippen LogP contribution in [0.25, 0.3) is 10.2 Å². The van der Waals surface area contributed by atoms with Crippen LogP contribution in [0.5, 0.6) is 0 Å². The quantitative estimate of drug-likeness (QED) is 0.621. The first-order chi connectivity index (χ1) is 10.6. The highest BCUT2D eigenvalue weighted by molar-refractivity contribution is 7.18. The summed E-state index contributed by atoms with van der Waals surface area (Å²) in [5.41, 5.74) is 0.881. The number of benzene rings is 1. The maximum atomic E-state index is 11.7. The second-order valence-corrected chi connectivity index (χ2v) is 6.04. The molecule has 3 rings (SSSR count). The number of nitrogens with zero attached hydrogens (tertiary/aromatic N) is 2. The van der Waals surface area contributed by atoms with E-state index in [1.165, 1.54) is 11.3 Å². The Hall–Kier alpha value is -2.28. The SMILES string of the molecule is O=C(CCN1C(=O)CCC1=O)OCc1nc2ccccc2s1. The van der Waals surface area contributed by atoms with Crippen LogP contribution in [0.3, 0.4) is 0 Å². The van der Waals surface area contributed by atoms with Crippen molar-refractivity contribution in [2.45, 2.75) is 25.9 Å². The van der Waals surface area contributed by atoms with Gasteiger partial charge in [-0.05, 0) is 12.1 Å². The van der Waals surface area contributed by atoms with Crippen LogP contribution in [0.2, 0.25) is 0 Å². The van der Waals surface area contributed by atoms with Crippen molar-refractivity contribution in [2.75, 3.05) is 6.54 Å². The third kappa shape index (κ3) is 3.14. The summed E-state index contributed by atoms with van der Waals surface area (Å²) in [5.74, 6) is -0.875. The number of hydrogen-bond donors (Lipinski definition) is 0. The minimum absolute atomic E-state index is 0.0162. The minimum atomic E-state index is -0.438. The second kappa shape index (κ2) is 6.23. The van der Waals surface area contributed by atoms with Crippen LogP contribution in [0, 0.1) is 0 Å². The molecule has 22 heavy (non-hydrogen) atoms. The van der Waals surface area contributed by atoms with Crippen LogP contribution < -0.4 is 0 Å². The molecule has 1 fully saturated rings. The molecule has 1 aromatic heterocycles. The molecule has 1 aromatic carbocycles. The maximum absolute atomic E-state index is 11.7. The third-order valence-electron chi connectivity index (χ3n) is 3.39. The number of thiazole rings is 1. The fourth-order valence-electron chi connectivity index (χ4n) is 2.27. The van der Waals surface area contributed by atoms with Gasteiger partial charge in [0, 0.05) is 19.4 Å². The Morgan fingerprint density at radius 3 is 2.68 bits per heavy atom. The molecule has 1 saturated heterocycles. The van der Waals surface area contributed by atoms with Gasteiger partial charge in [0.15, 0.2) is 0 Å². The molecular formula is C15H14N2O4S. The van der Waals surface area contributed by atoms with E-state index in [0.29, 0.717) is 0 Å². The maximum Gasteiger partial charge on any atom is 0.308 e. The molecule has 0 N–H and O–H groups in total. The summed E-state index contributed by atoms with van der Waals surface area (Å²) in [7, 11) is 0. The van der Waals surface area contributed by atoms with E-state index in [4.69, 9.17) is 4.74 Å². The Balaban J connectivity index is 1.50. The first kappa shape index (κ1) is 14.6. The number of ether oxygens (including phenoxy) is 1. The zero-order valence-electron chi connectivity index (χ0n) is 11.8. The Labute approximate surface area is 130 Å². The zero-order valence-corrected chi connectivity index (χ0v) is 12.6. The van der Waals surface area contributed by atoms with Crippen molar-refractivity contribution >= 4 is 39.3 Å². The lowest BCUT2D eigenvalue weighted by molar-refractivity contribution is -0.146. The molecule has 0 bridgehead atoms. The van der Waals surface area contributed by atoms with E-state index in [9.17, 15) is 14.4 Å². The van der Waals surface area contributed by atoms with Crippen molar-refractivity contribution in [1.29, 1.82) is 0 Å². The Bertz CT molecular complexity index is 691. The number of fused-ring (bicyclic) bond motifs is 1. The number of rotatable bonds is 5. The number of esters is 1. The molecule has 1 aliphatic heterocycles. The van der Waals surface area contributed by atoms with Gasteiger partial charge in [-0.15, -0.1) is 11.3 Å². The topological polar surface area (TPSA) is 76.6 Å². The van der Waals surface area contributed by atoms with Gasteiger partial charge in [-0.1, -0.05) is 12.1 Å². The summed E-state index contributed by atoms with van der Waals surface area (Å²) < 4.78 is 6.19. The smallest absolute Gasteiger partial charge is 0.308 e. The Morgan fingerprint density at radius 2 is 1.95 bits per heavy atom. The summed E-state index contributed by atoms with van der Waals surface area (Å²) in [6.07, 6.45) is 0.488. The second-order valence-electron chi connectivity index (χ2n) is 4.93. The zero-order chi connectivity index (χ0) is 15.5. The molecule has 6 nitrogen and oxygen atoms in total. The number of aromatic nitrogens is 1. The van der Waals surface area contributed by atoms with Crippen molar-refractivity contribution in [3.8, 4) is 0 Å². The van der Waals surface area contributed by atoms with E-state index in [0.717, 1.165) is 20.1 Å². The number of para-hydroxylation sites is 1. The lowest BCUT2D eigenvalue weighted by Crippen LogP contribution is -2.31. The van der Waals surface area contributed by atoms with Gasteiger partial charge in [0.1, 0.15) is 11.6 Å². The van der Waals surface area contributed by atoms with Crippen molar-refractivity contribution in [1.82, 2.24) is 9.88 Å². The number of carbonyl (C=O) groups excluding carboxylic acids is 3. The largest absolute Gasteiger partial charge is 0.458 e. The van der Waals surface area contributed by atoms with Gasteiger partial charge >= 0.3 is 5.97 Å². The van der Waals surface area contributed by atoms with Crippen LogP contribution in [0.15, 0.2) is 24.3 Å². The fourth-order valence-corrected chi connectivity index (χ4v) is 3.15. The lowest BCUT2D eigenvalue weighted by Gasteiger charge is -2.12. The van der Waals surface area contributed by atoms with Crippen molar-refractivity contribution in [2.24, 2.45) is 0 Å². The number of hydrogen-bond acceptors (Lipinski definition) is 6. The van der Waals surface area contributed by atoms with Crippen molar-refractivity contribution in [3.05, 3.63) is 29.3 Å². The van der Waals surface area contributed by atoms with Gasteiger partial charge in [0.2, 0.25) is 11.8 Å². The van der Waals surface area contributed by atoms with Gasteiger partial charge in [-0.2, -0.15) is 0 Å². The van der Waals surface area contributed by atoms with Gasteiger partial charge in [0.05, 0.1) is 16.6 Å². The fraction of sp³-hybridized carbons (Fsp3) is 0.333. The number of carbonyl (C=O) groups is 3. The molecule has 2 heterocycles. The average molecular weight is 318 g/mol. The summed E-state index contributed by atoms with van der Waals surface area (Å²) in [4.78, 5) is 40.0. The highest BCUT2D eigenvalue weighted by Gasteiger charge is 2.28. The van der Waals surface area contributed by atoms with E-state index >= 15 is 0 Å². The monoisotopic (exact) mass is 318 g/mol. The van der Waals surface area contributed by atoms with Crippen LogP contribution >= 0.6 is 11.3 Å². The highest BCUT2D eigenvalue weighted by Crippen LogP contribution is 2.22. The summed E-state index contributed by atoms with van der Waals surface area (Å²) in [5, 5.41) is 0.725. The van der Waals surface area contributed by atoms with Gasteiger partial charge < -0.3 is 4.74 Å². The van der Waals surface area contributed by atoms with Crippen LogP contribution in [-0.2, 0) is 25.7 Å². The van der Waals surface area contributed by atoms with E-state index in [2.05, 4.69) is 4.98 Å². The molecule has 0 spiro atoms. The van der Waals surface area contributed by atoms with Gasteiger partial charge in [-0.25, -0.2) is 4.98 Å². The molecule has 0 atom stereocenters. The van der Waals surface area contributed by atoms with Crippen molar-refractivity contribution in [3.63, 3.8) is 0 Å². The predicted molar refractivity (Wildman–Crippen MR) is 80.0 cm³/mol. The number of imide groups is 1. The van der Waals surface area contributed by atoms with Crippen LogP contribution in [-0.4, -0.2) is 34.2 Å². The summed E-state index contributed by atoms with van der Waals surface area (Å²) in [6.45, 7) is 0.205. The van der Waals surface area contributed by atoms with Gasteiger partial charge in [-0.3, -0.25) is 19.3 Å². The lowest BCUT2D eigenvalue weighted by atomic mass is 10.3. The van der Waals surface area contributed by atoms with E-state index in [-0.39, 0.29) is 44.2 Å². The Kier molecular flexibility index (Phi) is 4.15. The van der Waals surface area contributed by atoms with E-state index < -0.39 is 5.97 Å². The molecular weight excluding hydrogens is 304 g/mol. The average Bonchev–Trinajstić information content (AvgIpc) is 3.07.